The highest BCUT2D eigenvalue weighted by molar-refractivity contribution is 6.51. The lowest BCUT2D eigenvalue weighted by Gasteiger charge is -2.26. The van der Waals surface area contributed by atoms with Crippen molar-refractivity contribution in [3.8, 4) is 11.5 Å². The van der Waals surface area contributed by atoms with Crippen LogP contribution >= 0.6 is 0 Å². The van der Waals surface area contributed by atoms with E-state index in [0.29, 0.717) is 23.7 Å². The fraction of sp³-hybridized carbons (Fsp3) is 0.154. The second-order valence-electron chi connectivity index (χ2n) is 7.50. The van der Waals surface area contributed by atoms with Crippen LogP contribution in [0.5, 0.6) is 11.5 Å². The molecule has 3 aromatic rings. The van der Waals surface area contributed by atoms with Gasteiger partial charge < -0.3 is 14.6 Å². The number of hydrogen-bond acceptors (Lipinski definition) is 5. The Kier molecular flexibility index (Phi) is 6.32. The van der Waals surface area contributed by atoms with Crippen LogP contribution in [0.25, 0.3) is 5.76 Å². The zero-order valence-corrected chi connectivity index (χ0v) is 18.4. The van der Waals surface area contributed by atoms with Crippen molar-refractivity contribution in [3.05, 3.63) is 95.1 Å². The van der Waals surface area contributed by atoms with E-state index in [1.165, 1.54) is 19.2 Å². The Balaban J connectivity index is 1.95. The minimum Gasteiger partial charge on any atom is -0.507 e. The molecule has 4 rings (SSSR count). The van der Waals surface area contributed by atoms with Crippen LogP contribution in [-0.2, 0) is 9.59 Å². The number of aliphatic hydroxyl groups is 1. The molecular weight excluding hydrogens is 444 g/mol. The van der Waals surface area contributed by atoms with E-state index in [4.69, 9.17) is 9.47 Å². The highest BCUT2D eigenvalue weighted by Gasteiger charge is 2.47. The summed E-state index contributed by atoms with van der Waals surface area (Å²) in [5.41, 5.74) is 0.474. The molecule has 1 heterocycles. The summed E-state index contributed by atoms with van der Waals surface area (Å²) in [6.45, 7) is 2.19. The van der Waals surface area contributed by atoms with Crippen LogP contribution in [0.3, 0.4) is 0 Å². The molecule has 1 aliphatic rings. The van der Waals surface area contributed by atoms with Crippen LogP contribution in [-0.4, -0.2) is 30.5 Å². The monoisotopic (exact) mass is 465 g/mol. The predicted octanol–water partition coefficient (Wildman–Crippen LogP) is 5.00. The van der Waals surface area contributed by atoms with Gasteiger partial charge in [0.1, 0.15) is 17.3 Å². The smallest absolute Gasteiger partial charge is 0.300 e. The van der Waals surface area contributed by atoms with Gasteiger partial charge in [0.15, 0.2) is 11.6 Å². The quantitative estimate of drug-likeness (QED) is 0.315. The van der Waals surface area contributed by atoms with Gasteiger partial charge in [0.05, 0.1) is 25.3 Å². The van der Waals surface area contributed by atoms with Crippen molar-refractivity contribution in [2.45, 2.75) is 13.0 Å². The molecule has 0 spiro atoms. The Bertz CT molecular complexity index is 1300. The molecule has 8 heteroatoms. The van der Waals surface area contributed by atoms with Crippen LogP contribution < -0.4 is 14.4 Å². The third-order valence-corrected chi connectivity index (χ3v) is 5.45. The summed E-state index contributed by atoms with van der Waals surface area (Å²) in [6, 6.07) is 14.9. The zero-order chi connectivity index (χ0) is 24.4. The van der Waals surface area contributed by atoms with Gasteiger partial charge in [-0.2, -0.15) is 0 Å². The normalized spacial score (nSPS) is 17.2. The third-order valence-electron chi connectivity index (χ3n) is 5.45. The average molecular weight is 465 g/mol. The van der Waals surface area contributed by atoms with Gasteiger partial charge in [0.25, 0.3) is 11.7 Å². The van der Waals surface area contributed by atoms with Crippen molar-refractivity contribution in [1.82, 2.24) is 0 Å². The molecule has 3 aromatic carbocycles. The van der Waals surface area contributed by atoms with Crippen LogP contribution in [0.4, 0.5) is 14.5 Å². The maximum absolute atomic E-state index is 14.1. The van der Waals surface area contributed by atoms with Crippen LogP contribution in [0.2, 0.25) is 0 Å². The molecule has 1 amide bonds. The van der Waals surface area contributed by atoms with E-state index >= 15 is 0 Å². The Labute approximate surface area is 194 Å². The first-order valence-corrected chi connectivity index (χ1v) is 10.5. The lowest BCUT2D eigenvalue weighted by molar-refractivity contribution is -0.132. The molecule has 1 fully saturated rings. The minimum absolute atomic E-state index is 0.0301. The van der Waals surface area contributed by atoms with Gasteiger partial charge in [-0.3, -0.25) is 14.5 Å². The molecular formula is C26H21F2NO5. The molecule has 0 bridgehead atoms. The van der Waals surface area contributed by atoms with E-state index in [2.05, 4.69) is 0 Å². The summed E-state index contributed by atoms with van der Waals surface area (Å²) in [5, 5.41) is 11.2. The maximum Gasteiger partial charge on any atom is 0.300 e. The van der Waals surface area contributed by atoms with Crippen LogP contribution in [0.1, 0.15) is 24.1 Å². The SMILES string of the molecule is CCOc1cccc(C2/C(=C(\O)c3cccc(OC)c3)C(=O)C(=O)N2c2ccc(F)c(F)c2)c1. The molecule has 1 saturated heterocycles. The van der Waals surface area contributed by atoms with Gasteiger partial charge in [-0.05, 0) is 48.9 Å². The zero-order valence-electron chi connectivity index (χ0n) is 18.4. The van der Waals surface area contributed by atoms with E-state index < -0.39 is 35.1 Å². The van der Waals surface area contributed by atoms with Crippen molar-refractivity contribution in [3.63, 3.8) is 0 Å². The summed E-state index contributed by atoms with van der Waals surface area (Å²) < 4.78 is 38.4. The van der Waals surface area contributed by atoms with Crippen LogP contribution in [0, 0.1) is 11.6 Å². The molecule has 1 N–H and O–H groups in total. The van der Waals surface area contributed by atoms with E-state index in [-0.39, 0.29) is 16.8 Å². The summed E-state index contributed by atoms with van der Waals surface area (Å²) >= 11 is 0. The number of halogens is 2. The van der Waals surface area contributed by atoms with E-state index in [9.17, 15) is 23.5 Å². The first-order chi connectivity index (χ1) is 16.3. The summed E-state index contributed by atoms with van der Waals surface area (Å²) in [5.74, 6) is -3.71. The molecule has 0 saturated carbocycles. The number of anilines is 1. The lowest BCUT2D eigenvalue weighted by atomic mass is 9.95. The third kappa shape index (κ3) is 4.10. The number of Topliss-reactive ketones (excluding diaryl/α,β-unsaturated/α-hetero) is 1. The number of ketones is 1. The number of carbonyl (C=O) groups excluding carboxylic acids is 2. The van der Waals surface area contributed by atoms with E-state index in [0.717, 1.165) is 17.0 Å². The van der Waals surface area contributed by atoms with Gasteiger partial charge in [-0.25, -0.2) is 8.78 Å². The highest BCUT2D eigenvalue weighted by Crippen LogP contribution is 2.43. The van der Waals surface area contributed by atoms with E-state index in [1.807, 2.05) is 6.92 Å². The first kappa shape index (κ1) is 23.0. The Morgan fingerprint density at radius 3 is 2.41 bits per heavy atom. The fourth-order valence-corrected chi connectivity index (χ4v) is 3.92. The Morgan fingerprint density at radius 2 is 1.71 bits per heavy atom. The molecule has 1 atom stereocenters. The first-order valence-electron chi connectivity index (χ1n) is 10.5. The van der Waals surface area contributed by atoms with Crippen molar-refractivity contribution in [1.29, 1.82) is 0 Å². The number of benzene rings is 3. The maximum atomic E-state index is 14.1. The highest BCUT2D eigenvalue weighted by atomic mass is 19.2. The number of aliphatic hydroxyl groups excluding tert-OH is 1. The van der Waals surface area contributed by atoms with E-state index in [1.54, 1.807) is 42.5 Å². The minimum atomic E-state index is -1.17. The topological polar surface area (TPSA) is 76.1 Å². The summed E-state index contributed by atoms with van der Waals surface area (Å²) in [7, 11) is 1.46. The molecule has 0 radical (unpaired) electrons. The number of methoxy groups -OCH3 is 1. The molecule has 6 nitrogen and oxygen atoms in total. The predicted molar refractivity (Wildman–Crippen MR) is 122 cm³/mol. The van der Waals surface area contributed by atoms with Gasteiger partial charge in [-0.1, -0.05) is 24.3 Å². The summed E-state index contributed by atoms with van der Waals surface area (Å²) in [6.07, 6.45) is 0. The van der Waals surface area contributed by atoms with Crippen molar-refractivity contribution in [2.75, 3.05) is 18.6 Å². The number of rotatable bonds is 6. The lowest BCUT2D eigenvalue weighted by Crippen LogP contribution is -2.29. The molecule has 174 valence electrons. The Morgan fingerprint density at radius 1 is 0.971 bits per heavy atom. The van der Waals surface area contributed by atoms with Crippen LogP contribution in [0.15, 0.2) is 72.3 Å². The molecule has 34 heavy (non-hydrogen) atoms. The number of nitrogens with zero attached hydrogens (tertiary/aromatic N) is 1. The van der Waals surface area contributed by atoms with Crippen molar-refractivity contribution >= 4 is 23.1 Å². The molecule has 0 aromatic heterocycles. The average Bonchev–Trinajstić information content (AvgIpc) is 3.11. The van der Waals surface area contributed by atoms with Gasteiger partial charge >= 0.3 is 0 Å². The second kappa shape index (κ2) is 9.35. The van der Waals surface area contributed by atoms with Crippen molar-refractivity contribution < 1.29 is 33.0 Å². The molecule has 1 unspecified atom stereocenters. The largest absolute Gasteiger partial charge is 0.507 e. The number of amides is 1. The standard InChI is InChI=1S/C26H21F2NO5/c1-3-34-19-9-4-6-15(12-19)23-22(24(30)16-7-5-8-18(13-16)33-2)25(31)26(32)29(23)17-10-11-20(27)21(28)14-17/h4-14,23,30H,3H2,1-2H3/b24-22+. The van der Waals surface area contributed by atoms with Crippen molar-refractivity contribution in [2.24, 2.45) is 0 Å². The van der Waals surface area contributed by atoms with Gasteiger partial charge in [0.2, 0.25) is 0 Å². The number of hydrogen-bond donors (Lipinski definition) is 1. The Hall–Kier alpha value is -4.20. The fourth-order valence-electron chi connectivity index (χ4n) is 3.92. The second-order valence-corrected chi connectivity index (χ2v) is 7.50. The van der Waals surface area contributed by atoms with Gasteiger partial charge in [-0.15, -0.1) is 0 Å². The van der Waals surface area contributed by atoms with Gasteiger partial charge in [0, 0.05) is 17.3 Å². The number of ether oxygens (including phenoxy) is 2. The number of carbonyl (C=O) groups is 2. The molecule has 1 aliphatic heterocycles. The summed E-state index contributed by atoms with van der Waals surface area (Å²) in [4.78, 5) is 27.3. The molecule has 0 aliphatic carbocycles.